The average molecular weight is 403 g/mol. The Balaban J connectivity index is 1.94. The molecule has 128 valence electrons. The first kappa shape index (κ1) is 16.0. The van der Waals surface area contributed by atoms with Gasteiger partial charge in [0, 0.05) is 0 Å². The number of hydrogen-bond donors (Lipinski definition) is 0. The third-order valence-electron chi connectivity index (χ3n) is 4.02. The minimum absolute atomic E-state index is 0.0730. The fourth-order valence-electron chi connectivity index (χ4n) is 2.67. The first-order valence-corrected chi connectivity index (χ1v) is 9.53. The van der Waals surface area contributed by atoms with E-state index < -0.39 is 0 Å². The summed E-state index contributed by atoms with van der Waals surface area (Å²) < 4.78 is 14.5. The van der Waals surface area contributed by atoms with Gasteiger partial charge < -0.3 is 0 Å². The number of hydroxylamine groups is 1. The maximum atomic E-state index is 12.9. The van der Waals surface area contributed by atoms with E-state index in [0.717, 1.165) is 20.2 Å². The number of para-hydroxylation sites is 1. The van der Waals surface area contributed by atoms with Gasteiger partial charge >= 0.3 is 150 Å². The molecule has 7 heteroatoms. The Morgan fingerprint density at radius 1 is 1.24 bits per heavy atom. The molecule has 0 saturated carbocycles. The van der Waals surface area contributed by atoms with Gasteiger partial charge in [0.05, 0.1) is 0 Å². The summed E-state index contributed by atoms with van der Waals surface area (Å²) in [5.74, 6) is 1.35. The Kier molecular flexibility index (Phi) is 3.90. The predicted molar refractivity (Wildman–Crippen MR) is 96.5 cm³/mol. The molecule has 2 heterocycles. The molecule has 0 radical (unpaired) electrons. The normalized spacial score (nSPS) is 13.8. The van der Waals surface area contributed by atoms with Gasteiger partial charge in [-0.1, -0.05) is 0 Å². The van der Waals surface area contributed by atoms with Gasteiger partial charge in [0.15, 0.2) is 0 Å². The quantitative estimate of drug-likeness (QED) is 0.221. The molecular weight excluding hydrogens is 387 g/mol. The molecule has 0 atom stereocenters. The monoisotopic (exact) mass is 404 g/mol. The fraction of sp³-hybridized carbons (Fsp3) is 0.222. The summed E-state index contributed by atoms with van der Waals surface area (Å²) >= 11 is -0.277. The molecule has 0 aliphatic carbocycles. The van der Waals surface area contributed by atoms with Gasteiger partial charge in [-0.25, -0.2) is 0 Å². The summed E-state index contributed by atoms with van der Waals surface area (Å²) in [6, 6.07) is 10.8. The molecule has 0 saturated heterocycles. The SMILES string of the molecule is CC(C)[N+]([O-])=Cc1ccccc1-n1[se]c2c3c(ccc2c1=O)OCO3. The van der Waals surface area contributed by atoms with Crippen molar-refractivity contribution in [1.82, 2.24) is 3.56 Å². The van der Waals surface area contributed by atoms with Gasteiger partial charge in [0.25, 0.3) is 0 Å². The molecule has 0 amide bonds. The molecular formula is C18H16N2O4Se. The van der Waals surface area contributed by atoms with Crippen molar-refractivity contribution in [2.45, 2.75) is 19.9 Å². The number of fused-ring (bicyclic) bond motifs is 3. The van der Waals surface area contributed by atoms with Crippen LogP contribution in [0.15, 0.2) is 41.2 Å². The summed E-state index contributed by atoms with van der Waals surface area (Å²) in [6.07, 6.45) is 1.54. The summed E-state index contributed by atoms with van der Waals surface area (Å²) in [5.41, 5.74) is 1.39. The molecule has 2 aromatic carbocycles. The Labute approximate surface area is 150 Å². The zero-order valence-electron chi connectivity index (χ0n) is 13.8. The van der Waals surface area contributed by atoms with Crippen molar-refractivity contribution in [2.24, 2.45) is 0 Å². The van der Waals surface area contributed by atoms with Crippen molar-refractivity contribution in [3.05, 3.63) is 57.5 Å². The number of ether oxygens (including phenoxy) is 2. The molecule has 3 aromatic rings. The molecule has 1 aliphatic rings. The molecule has 6 nitrogen and oxygen atoms in total. The number of benzene rings is 2. The van der Waals surface area contributed by atoms with Gasteiger partial charge in [-0.3, -0.25) is 0 Å². The first-order valence-electron chi connectivity index (χ1n) is 7.90. The van der Waals surface area contributed by atoms with Crippen molar-refractivity contribution < 1.29 is 14.2 Å². The fourth-order valence-corrected chi connectivity index (χ4v) is 5.03. The van der Waals surface area contributed by atoms with E-state index in [4.69, 9.17) is 9.47 Å². The van der Waals surface area contributed by atoms with E-state index in [1.807, 2.05) is 38.1 Å². The van der Waals surface area contributed by atoms with Crippen LogP contribution in [0.25, 0.3) is 15.3 Å². The Bertz CT molecular complexity index is 1050. The average Bonchev–Trinajstić information content (AvgIpc) is 3.20. The van der Waals surface area contributed by atoms with Crippen LogP contribution in [0.2, 0.25) is 0 Å². The number of nitrogens with zero attached hydrogens (tertiary/aromatic N) is 2. The first-order chi connectivity index (χ1) is 12.1. The van der Waals surface area contributed by atoms with Crippen molar-refractivity contribution in [1.29, 1.82) is 0 Å². The Morgan fingerprint density at radius 3 is 2.84 bits per heavy atom. The van der Waals surface area contributed by atoms with Crippen LogP contribution in [-0.4, -0.2) is 42.1 Å². The Morgan fingerprint density at radius 2 is 2.04 bits per heavy atom. The van der Waals surface area contributed by atoms with E-state index in [2.05, 4.69) is 0 Å². The van der Waals surface area contributed by atoms with Crippen molar-refractivity contribution in [3.8, 4) is 17.2 Å². The Hall–Kier alpha value is -2.50. The third-order valence-corrected chi connectivity index (χ3v) is 6.40. The topological polar surface area (TPSA) is 66.5 Å². The van der Waals surface area contributed by atoms with E-state index >= 15 is 0 Å². The van der Waals surface area contributed by atoms with Gasteiger partial charge in [0.2, 0.25) is 0 Å². The summed E-state index contributed by atoms with van der Waals surface area (Å²) in [6.45, 7) is 3.83. The van der Waals surface area contributed by atoms with Crippen molar-refractivity contribution in [2.75, 3.05) is 6.79 Å². The van der Waals surface area contributed by atoms with Crippen LogP contribution in [-0.2, 0) is 0 Å². The van der Waals surface area contributed by atoms with Crippen LogP contribution in [0.1, 0.15) is 19.4 Å². The van der Waals surface area contributed by atoms with E-state index in [-0.39, 0.29) is 33.1 Å². The number of rotatable bonds is 3. The summed E-state index contributed by atoms with van der Waals surface area (Å²) in [7, 11) is 0. The van der Waals surface area contributed by atoms with Gasteiger partial charge in [-0.15, -0.1) is 0 Å². The summed E-state index contributed by atoms with van der Waals surface area (Å²) in [5, 5.41) is 12.7. The number of hydrogen-bond acceptors (Lipinski definition) is 4. The minimum atomic E-state index is -0.277. The molecule has 0 N–H and O–H groups in total. The van der Waals surface area contributed by atoms with Crippen LogP contribution in [0.3, 0.4) is 0 Å². The molecule has 25 heavy (non-hydrogen) atoms. The number of aromatic nitrogens is 1. The van der Waals surface area contributed by atoms with Crippen molar-refractivity contribution in [3.63, 3.8) is 0 Å². The molecule has 0 bridgehead atoms. The zero-order valence-corrected chi connectivity index (χ0v) is 15.5. The molecule has 0 unspecified atom stereocenters. The maximum absolute atomic E-state index is 12.9. The van der Waals surface area contributed by atoms with Crippen LogP contribution < -0.4 is 15.0 Å². The van der Waals surface area contributed by atoms with Crippen LogP contribution in [0.5, 0.6) is 11.5 Å². The second kappa shape index (κ2) is 6.10. The van der Waals surface area contributed by atoms with E-state index in [1.54, 1.807) is 15.7 Å². The van der Waals surface area contributed by atoms with Crippen LogP contribution in [0, 0.1) is 5.21 Å². The standard InChI is InChI=1S/C18H16N2O4Se/c1-11(2)19(22)9-12-5-3-4-6-14(12)20-18(21)13-7-8-15-16(17(13)25-20)24-10-23-15/h3-9,11H,10H2,1-2H3. The molecule has 1 aliphatic heterocycles. The summed E-state index contributed by atoms with van der Waals surface area (Å²) in [4.78, 5) is 12.9. The van der Waals surface area contributed by atoms with E-state index in [0.29, 0.717) is 16.9 Å². The third kappa shape index (κ3) is 2.65. The second-order valence-electron chi connectivity index (χ2n) is 6.01. The van der Waals surface area contributed by atoms with Gasteiger partial charge in [-0.2, -0.15) is 0 Å². The van der Waals surface area contributed by atoms with Crippen molar-refractivity contribution >= 4 is 30.6 Å². The second-order valence-corrected chi connectivity index (χ2v) is 8.01. The zero-order chi connectivity index (χ0) is 17.6. The van der Waals surface area contributed by atoms with Gasteiger partial charge in [-0.05, 0) is 0 Å². The van der Waals surface area contributed by atoms with Crippen LogP contribution in [0.4, 0.5) is 0 Å². The molecule has 1 aromatic heterocycles. The molecule has 0 spiro atoms. The van der Waals surface area contributed by atoms with E-state index in [9.17, 15) is 10.0 Å². The van der Waals surface area contributed by atoms with Crippen LogP contribution >= 0.6 is 0 Å². The van der Waals surface area contributed by atoms with Gasteiger partial charge in [0.1, 0.15) is 0 Å². The van der Waals surface area contributed by atoms with E-state index in [1.165, 1.54) is 6.21 Å². The molecule has 0 fully saturated rings. The predicted octanol–water partition coefficient (Wildman–Crippen LogP) is 2.11. The molecule has 4 rings (SSSR count).